The number of amides is 1. The van der Waals surface area contributed by atoms with Crippen molar-refractivity contribution in [3.63, 3.8) is 0 Å². The summed E-state index contributed by atoms with van der Waals surface area (Å²) in [6.07, 6.45) is 7.68. The number of aryl methyl sites for hydroxylation is 1. The van der Waals surface area contributed by atoms with E-state index in [0.717, 1.165) is 49.9 Å². The third-order valence-electron chi connectivity index (χ3n) is 6.19. The van der Waals surface area contributed by atoms with Gasteiger partial charge in [-0.2, -0.15) is 0 Å². The van der Waals surface area contributed by atoms with E-state index in [9.17, 15) is 4.79 Å². The van der Waals surface area contributed by atoms with Crippen LogP contribution in [-0.2, 0) is 17.9 Å². The SMILES string of the molecule is Cc1ccc(CNC(=O)CCC[C@H]2NC[C@H]3C[C@@H]2CN(Cc2cccnc2)C3)o1. The first-order chi connectivity index (χ1) is 14.2. The lowest BCUT2D eigenvalue weighted by atomic mass is 9.79. The van der Waals surface area contributed by atoms with Gasteiger partial charge in [-0.1, -0.05) is 6.07 Å². The van der Waals surface area contributed by atoms with Crippen LogP contribution in [0.15, 0.2) is 41.1 Å². The topological polar surface area (TPSA) is 70.4 Å². The maximum atomic E-state index is 12.1. The molecule has 0 aliphatic carbocycles. The van der Waals surface area contributed by atoms with Gasteiger partial charge in [-0.15, -0.1) is 0 Å². The zero-order valence-corrected chi connectivity index (χ0v) is 17.3. The fourth-order valence-corrected chi connectivity index (χ4v) is 4.83. The monoisotopic (exact) mass is 396 g/mol. The predicted octanol–water partition coefficient (Wildman–Crippen LogP) is 2.88. The van der Waals surface area contributed by atoms with E-state index in [-0.39, 0.29) is 5.91 Å². The summed E-state index contributed by atoms with van der Waals surface area (Å²) < 4.78 is 5.50. The Morgan fingerprint density at radius 2 is 2.28 bits per heavy atom. The van der Waals surface area contributed by atoms with E-state index < -0.39 is 0 Å². The van der Waals surface area contributed by atoms with Crippen molar-refractivity contribution >= 4 is 5.91 Å². The van der Waals surface area contributed by atoms with Crippen LogP contribution in [0.5, 0.6) is 0 Å². The summed E-state index contributed by atoms with van der Waals surface area (Å²) in [7, 11) is 0. The molecule has 2 aromatic heterocycles. The molecule has 4 heterocycles. The van der Waals surface area contributed by atoms with E-state index in [1.165, 1.54) is 18.5 Å². The van der Waals surface area contributed by atoms with Gasteiger partial charge in [0.1, 0.15) is 11.5 Å². The number of likely N-dealkylation sites (tertiary alicyclic amines) is 1. The van der Waals surface area contributed by atoms with Crippen LogP contribution < -0.4 is 10.6 Å². The van der Waals surface area contributed by atoms with E-state index in [0.29, 0.717) is 24.9 Å². The summed E-state index contributed by atoms with van der Waals surface area (Å²) in [5.41, 5.74) is 1.29. The fraction of sp³-hybridized carbons (Fsp3) is 0.565. The summed E-state index contributed by atoms with van der Waals surface area (Å²) in [6.45, 7) is 6.77. The molecule has 0 spiro atoms. The van der Waals surface area contributed by atoms with Crippen molar-refractivity contribution < 1.29 is 9.21 Å². The van der Waals surface area contributed by atoms with Gasteiger partial charge in [-0.25, -0.2) is 0 Å². The average Bonchev–Trinajstić information content (AvgIpc) is 3.14. The highest BCUT2D eigenvalue weighted by Crippen LogP contribution is 2.31. The highest BCUT2D eigenvalue weighted by Gasteiger charge is 2.36. The number of nitrogens with zero attached hydrogens (tertiary/aromatic N) is 2. The third-order valence-corrected chi connectivity index (χ3v) is 6.19. The van der Waals surface area contributed by atoms with Crippen molar-refractivity contribution in [1.29, 1.82) is 0 Å². The van der Waals surface area contributed by atoms with Crippen LogP contribution in [0.25, 0.3) is 0 Å². The first-order valence-electron chi connectivity index (χ1n) is 10.8. The Kier molecular flexibility index (Phi) is 6.62. The van der Waals surface area contributed by atoms with Gasteiger partial charge < -0.3 is 15.1 Å². The van der Waals surface area contributed by atoms with Gasteiger partial charge in [0.25, 0.3) is 0 Å². The molecule has 0 unspecified atom stereocenters. The number of furan rings is 1. The molecule has 4 rings (SSSR count). The molecular weight excluding hydrogens is 364 g/mol. The second kappa shape index (κ2) is 9.55. The molecule has 0 radical (unpaired) electrons. The molecule has 0 aromatic carbocycles. The summed E-state index contributed by atoms with van der Waals surface area (Å²) in [5.74, 6) is 3.21. The highest BCUT2D eigenvalue weighted by atomic mass is 16.3. The van der Waals surface area contributed by atoms with Crippen LogP contribution in [0, 0.1) is 18.8 Å². The predicted molar refractivity (Wildman–Crippen MR) is 112 cm³/mol. The van der Waals surface area contributed by atoms with Gasteiger partial charge in [0.15, 0.2) is 0 Å². The quantitative estimate of drug-likeness (QED) is 0.718. The fourth-order valence-electron chi connectivity index (χ4n) is 4.83. The lowest BCUT2D eigenvalue weighted by Crippen LogP contribution is -2.55. The molecule has 29 heavy (non-hydrogen) atoms. The van der Waals surface area contributed by atoms with Gasteiger partial charge in [0.05, 0.1) is 6.54 Å². The number of carbonyl (C=O) groups excluding carboxylic acids is 1. The number of rotatable bonds is 8. The molecule has 2 saturated heterocycles. The molecule has 2 bridgehead atoms. The summed E-state index contributed by atoms with van der Waals surface area (Å²) in [4.78, 5) is 19.0. The van der Waals surface area contributed by atoms with Crippen molar-refractivity contribution in [3.05, 3.63) is 53.7 Å². The van der Waals surface area contributed by atoms with Crippen molar-refractivity contribution in [2.45, 2.75) is 51.7 Å². The lowest BCUT2D eigenvalue weighted by molar-refractivity contribution is -0.121. The van der Waals surface area contributed by atoms with E-state index in [1.807, 2.05) is 37.5 Å². The van der Waals surface area contributed by atoms with Crippen LogP contribution in [0.3, 0.4) is 0 Å². The zero-order valence-electron chi connectivity index (χ0n) is 17.3. The van der Waals surface area contributed by atoms with E-state index in [1.54, 1.807) is 0 Å². The number of hydrogen-bond acceptors (Lipinski definition) is 5. The molecule has 0 saturated carbocycles. The molecule has 3 atom stereocenters. The van der Waals surface area contributed by atoms with Crippen LogP contribution in [0.2, 0.25) is 0 Å². The molecule has 2 aliphatic heterocycles. The zero-order chi connectivity index (χ0) is 20.1. The molecule has 2 fully saturated rings. The van der Waals surface area contributed by atoms with Crippen molar-refractivity contribution in [3.8, 4) is 0 Å². The Labute approximate surface area is 173 Å². The number of hydrogen-bond donors (Lipinski definition) is 2. The number of carbonyl (C=O) groups is 1. The van der Waals surface area contributed by atoms with Crippen molar-refractivity contribution in [1.82, 2.24) is 20.5 Å². The largest absolute Gasteiger partial charge is 0.465 e. The number of nitrogens with one attached hydrogen (secondary N) is 2. The standard InChI is InChI=1S/C23H32N4O2/c1-17-7-8-21(29-17)13-26-23(28)6-2-5-22-20-10-19(12-25-22)15-27(16-20)14-18-4-3-9-24-11-18/h3-4,7-9,11,19-20,22,25H,2,5-6,10,12-16H2,1H3,(H,26,28)/t19-,20-,22-/m1/s1. The van der Waals surface area contributed by atoms with Crippen LogP contribution >= 0.6 is 0 Å². The normalized spacial score (nSPS) is 24.4. The first kappa shape index (κ1) is 20.1. The number of fused-ring (bicyclic) bond motifs is 2. The van der Waals surface area contributed by atoms with Crippen LogP contribution in [0.4, 0.5) is 0 Å². The van der Waals surface area contributed by atoms with Gasteiger partial charge in [0, 0.05) is 44.5 Å². The summed E-state index contributed by atoms with van der Waals surface area (Å²) in [6, 6.07) is 8.53. The second-order valence-electron chi connectivity index (χ2n) is 8.61. The number of pyridine rings is 1. The maximum absolute atomic E-state index is 12.1. The highest BCUT2D eigenvalue weighted by molar-refractivity contribution is 5.75. The third kappa shape index (κ3) is 5.67. The molecule has 2 N–H and O–H groups in total. The minimum Gasteiger partial charge on any atom is -0.465 e. The Balaban J connectivity index is 1.19. The molecule has 6 nitrogen and oxygen atoms in total. The van der Waals surface area contributed by atoms with Crippen molar-refractivity contribution in [2.75, 3.05) is 19.6 Å². The average molecular weight is 397 g/mol. The van der Waals surface area contributed by atoms with Gasteiger partial charge in [0.2, 0.25) is 5.91 Å². The van der Waals surface area contributed by atoms with Crippen LogP contribution in [0.1, 0.15) is 42.8 Å². The smallest absolute Gasteiger partial charge is 0.220 e. The Hall–Kier alpha value is -2.18. The first-order valence-corrected chi connectivity index (χ1v) is 10.8. The van der Waals surface area contributed by atoms with Crippen molar-refractivity contribution in [2.24, 2.45) is 11.8 Å². The van der Waals surface area contributed by atoms with Gasteiger partial charge >= 0.3 is 0 Å². The molecule has 156 valence electrons. The van der Waals surface area contributed by atoms with E-state index >= 15 is 0 Å². The van der Waals surface area contributed by atoms with E-state index in [2.05, 4.69) is 26.6 Å². The minimum absolute atomic E-state index is 0.106. The molecule has 2 aliphatic rings. The Morgan fingerprint density at radius 3 is 3.07 bits per heavy atom. The van der Waals surface area contributed by atoms with Gasteiger partial charge in [-0.3, -0.25) is 14.7 Å². The Bertz CT molecular complexity index is 791. The summed E-state index contributed by atoms with van der Waals surface area (Å²) >= 11 is 0. The van der Waals surface area contributed by atoms with E-state index in [4.69, 9.17) is 4.42 Å². The molecule has 2 aromatic rings. The Morgan fingerprint density at radius 1 is 1.34 bits per heavy atom. The number of aromatic nitrogens is 1. The lowest BCUT2D eigenvalue weighted by Gasteiger charge is -2.46. The molecule has 6 heteroatoms. The molecular formula is C23H32N4O2. The number of piperidine rings is 2. The minimum atomic E-state index is 0.106. The van der Waals surface area contributed by atoms with Crippen LogP contribution in [-0.4, -0.2) is 41.5 Å². The summed E-state index contributed by atoms with van der Waals surface area (Å²) in [5, 5.41) is 6.71. The second-order valence-corrected chi connectivity index (χ2v) is 8.61. The molecule has 1 amide bonds. The maximum Gasteiger partial charge on any atom is 0.220 e. The van der Waals surface area contributed by atoms with Gasteiger partial charge in [-0.05, 0) is 68.3 Å².